The van der Waals surface area contributed by atoms with Crippen LogP contribution in [0.2, 0.25) is 0 Å². The summed E-state index contributed by atoms with van der Waals surface area (Å²) in [6.45, 7) is 6.46. The molecule has 0 aromatic heterocycles. The molecule has 0 N–H and O–H groups in total. The summed E-state index contributed by atoms with van der Waals surface area (Å²) in [5.41, 5.74) is 0.828. The molecular weight excluding hydrogens is 188 g/mol. The molecule has 0 heterocycles. The van der Waals surface area contributed by atoms with E-state index in [0.717, 1.165) is 5.57 Å². The summed E-state index contributed by atoms with van der Waals surface area (Å²) in [6.07, 6.45) is 2.24. The van der Waals surface area contributed by atoms with Gasteiger partial charge < -0.3 is 0 Å². The van der Waals surface area contributed by atoms with Crippen molar-refractivity contribution in [3.05, 3.63) is 11.6 Å². The summed E-state index contributed by atoms with van der Waals surface area (Å²) in [4.78, 5) is 23.5. The molecule has 1 unspecified atom stereocenters. The van der Waals surface area contributed by atoms with Crippen LogP contribution in [0.25, 0.3) is 0 Å². The maximum absolute atomic E-state index is 12.1. The molecule has 0 aromatic carbocycles. The van der Waals surface area contributed by atoms with Crippen LogP contribution in [-0.2, 0) is 9.59 Å². The maximum atomic E-state index is 12.1. The Morgan fingerprint density at radius 2 is 2.00 bits per heavy atom. The standard InChI is InChI=1S/C13H16O2/c1-6-4-8(14)5-9-12(15)10-7(2)11(10)13(6,9)3/h5-7,10-11H,4H2,1-3H3/t6-,7?,10+,11-,13+/m1/s1. The van der Waals surface area contributed by atoms with E-state index in [1.165, 1.54) is 0 Å². The van der Waals surface area contributed by atoms with Gasteiger partial charge in [0.05, 0.1) is 0 Å². The van der Waals surface area contributed by atoms with Gasteiger partial charge in [0, 0.05) is 23.3 Å². The van der Waals surface area contributed by atoms with Crippen LogP contribution in [0.15, 0.2) is 11.6 Å². The van der Waals surface area contributed by atoms with E-state index in [9.17, 15) is 9.59 Å². The molecule has 2 saturated carbocycles. The van der Waals surface area contributed by atoms with Crippen molar-refractivity contribution in [1.29, 1.82) is 0 Å². The minimum atomic E-state index is -0.00488. The zero-order chi connectivity index (χ0) is 11.0. The number of allylic oxidation sites excluding steroid dienone is 2. The second-order valence-corrected chi connectivity index (χ2v) is 5.69. The zero-order valence-corrected chi connectivity index (χ0v) is 9.41. The zero-order valence-electron chi connectivity index (χ0n) is 9.41. The number of fused-ring (bicyclic) bond motifs is 3. The van der Waals surface area contributed by atoms with Crippen LogP contribution < -0.4 is 0 Å². The summed E-state index contributed by atoms with van der Waals surface area (Å²) in [7, 11) is 0. The van der Waals surface area contributed by atoms with Gasteiger partial charge >= 0.3 is 0 Å². The first-order chi connectivity index (χ1) is 6.98. The molecule has 2 heteroatoms. The molecule has 0 spiro atoms. The Bertz CT molecular complexity index is 407. The summed E-state index contributed by atoms with van der Waals surface area (Å²) in [6, 6.07) is 0. The van der Waals surface area contributed by atoms with Crippen molar-refractivity contribution in [2.75, 3.05) is 0 Å². The van der Waals surface area contributed by atoms with Crippen LogP contribution in [0.4, 0.5) is 0 Å². The average molecular weight is 204 g/mol. The summed E-state index contributed by atoms with van der Waals surface area (Å²) >= 11 is 0. The lowest BCUT2D eigenvalue weighted by Gasteiger charge is -2.37. The Morgan fingerprint density at radius 3 is 2.67 bits per heavy atom. The molecule has 3 rings (SSSR count). The second-order valence-electron chi connectivity index (χ2n) is 5.69. The van der Waals surface area contributed by atoms with Crippen LogP contribution in [-0.4, -0.2) is 11.6 Å². The van der Waals surface area contributed by atoms with Gasteiger partial charge in [0.15, 0.2) is 11.6 Å². The van der Waals surface area contributed by atoms with Crippen molar-refractivity contribution in [1.82, 2.24) is 0 Å². The van der Waals surface area contributed by atoms with Crippen LogP contribution >= 0.6 is 0 Å². The molecule has 80 valence electrons. The lowest BCUT2D eigenvalue weighted by Crippen LogP contribution is -2.35. The van der Waals surface area contributed by atoms with Gasteiger partial charge in [-0.3, -0.25) is 9.59 Å². The number of hydrogen-bond donors (Lipinski definition) is 0. The van der Waals surface area contributed by atoms with Crippen LogP contribution in [0.5, 0.6) is 0 Å². The van der Waals surface area contributed by atoms with Crippen molar-refractivity contribution in [2.24, 2.45) is 29.1 Å². The highest BCUT2D eigenvalue weighted by Gasteiger charge is 2.70. The molecule has 0 aliphatic heterocycles. The van der Waals surface area contributed by atoms with Gasteiger partial charge in [-0.15, -0.1) is 0 Å². The minimum Gasteiger partial charge on any atom is -0.295 e. The number of hydrogen-bond acceptors (Lipinski definition) is 2. The highest BCUT2D eigenvalue weighted by molar-refractivity contribution is 6.10. The predicted molar refractivity (Wildman–Crippen MR) is 56.1 cm³/mol. The highest BCUT2D eigenvalue weighted by Crippen LogP contribution is 2.69. The Kier molecular flexibility index (Phi) is 1.50. The van der Waals surface area contributed by atoms with E-state index in [0.29, 0.717) is 24.2 Å². The van der Waals surface area contributed by atoms with Crippen molar-refractivity contribution < 1.29 is 9.59 Å². The lowest BCUT2D eigenvalue weighted by molar-refractivity contribution is -0.120. The van der Waals surface area contributed by atoms with E-state index in [1.807, 2.05) is 0 Å². The van der Waals surface area contributed by atoms with Crippen LogP contribution in [0.1, 0.15) is 27.2 Å². The van der Waals surface area contributed by atoms with Crippen molar-refractivity contribution >= 4 is 11.6 Å². The first-order valence-corrected chi connectivity index (χ1v) is 5.77. The number of carbonyl (C=O) groups is 2. The average Bonchev–Trinajstić information content (AvgIpc) is 2.76. The molecule has 2 fully saturated rings. The van der Waals surface area contributed by atoms with Crippen molar-refractivity contribution in [3.8, 4) is 0 Å². The molecule has 0 bridgehead atoms. The van der Waals surface area contributed by atoms with E-state index in [-0.39, 0.29) is 22.9 Å². The third kappa shape index (κ3) is 0.865. The minimum absolute atomic E-state index is 0.00488. The van der Waals surface area contributed by atoms with Gasteiger partial charge in [-0.1, -0.05) is 20.8 Å². The second kappa shape index (κ2) is 2.42. The van der Waals surface area contributed by atoms with E-state index in [2.05, 4.69) is 20.8 Å². The molecule has 0 aromatic rings. The quantitative estimate of drug-likeness (QED) is 0.604. The molecule has 3 aliphatic carbocycles. The highest BCUT2D eigenvalue weighted by atomic mass is 16.1. The number of rotatable bonds is 0. The van der Waals surface area contributed by atoms with Gasteiger partial charge in [-0.2, -0.15) is 0 Å². The Hall–Kier alpha value is -0.920. The van der Waals surface area contributed by atoms with E-state index in [4.69, 9.17) is 0 Å². The summed E-state index contributed by atoms with van der Waals surface area (Å²) in [5.74, 6) is 2.00. The molecule has 5 atom stereocenters. The first-order valence-electron chi connectivity index (χ1n) is 5.77. The van der Waals surface area contributed by atoms with Gasteiger partial charge in [-0.05, 0) is 23.8 Å². The molecule has 2 nitrogen and oxygen atoms in total. The van der Waals surface area contributed by atoms with Gasteiger partial charge in [0.25, 0.3) is 0 Å². The molecule has 0 radical (unpaired) electrons. The van der Waals surface area contributed by atoms with Crippen molar-refractivity contribution in [3.63, 3.8) is 0 Å². The number of Topliss-reactive ketones (excluding diaryl/α,β-unsaturated/α-hetero) is 1. The smallest absolute Gasteiger partial charge is 0.163 e. The van der Waals surface area contributed by atoms with Crippen molar-refractivity contribution in [2.45, 2.75) is 27.2 Å². The van der Waals surface area contributed by atoms with Gasteiger partial charge in [-0.25, -0.2) is 0 Å². The van der Waals surface area contributed by atoms with E-state index in [1.54, 1.807) is 6.08 Å². The third-order valence-corrected chi connectivity index (χ3v) is 5.06. The predicted octanol–water partition coefficient (Wildman–Crippen LogP) is 1.99. The van der Waals surface area contributed by atoms with Gasteiger partial charge in [0.1, 0.15) is 0 Å². The monoisotopic (exact) mass is 204 g/mol. The van der Waals surface area contributed by atoms with Crippen LogP contribution in [0, 0.1) is 29.1 Å². The van der Waals surface area contributed by atoms with E-state index < -0.39 is 0 Å². The van der Waals surface area contributed by atoms with Crippen LogP contribution in [0.3, 0.4) is 0 Å². The number of carbonyl (C=O) groups excluding carboxylic acids is 2. The molecule has 0 amide bonds. The van der Waals surface area contributed by atoms with Gasteiger partial charge in [0.2, 0.25) is 0 Å². The molecular formula is C13H16O2. The fraction of sp³-hybridized carbons (Fsp3) is 0.692. The molecule has 0 saturated heterocycles. The first kappa shape index (κ1) is 9.32. The molecule has 3 aliphatic rings. The third-order valence-electron chi connectivity index (χ3n) is 5.06. The van der Waals surface area contributed by atoms with E-state index >= 15 is 0 Å². The Morgan fingerprint density at radius 1 is 1.33 bits per heavy atom. The Balaban J connectivity index is 2.14. The SMILES string of the molecule is CC1[C@@H]2[C@H]1C(=O)C1=CC(=O)C[C@@H](C)[C@@]12C. The number of ketones is 2. The normalized spacial score (nSPS) is 52.3. The topological polar surface area (TPSA) is 34.1 Å². The summed E-state index contributed by atoms with van der Waals surface area (Å²) in [5, 5.41) is 0. The Labute approximate surface area is 89.7 Å². The molecule has 15 heavy (non-hydrogen) atoms. The summed E-state index contributed by atoms with van der Waals surface area (Å²) < 4.78 is 0. The largest absolute Gasteiger partial charge is 0.295 e. The fourth-order valence-electron chi connectivity index (χ4n) is 3.96. The maximum Gasteiger partial charge on any atom is 0.163 e. The lowest BCUT2D eigenvalue weighted by atomic mass is 9.65. The fourth-order valence-corrected chi connectivity index (χ4v) is 3.96.